The largest absolute Gasteiger partial charge is 0.493 e. The highest BCUT2D eigenvalue weighted by Crippen LogP contribution is 2.29. The molecule has 1 amide bonds. The van der Waals surface area contributed by atoms with Crippen LogP contribution in [0.1, 0.15) is 30.5 Å². The summed E-state index contributed by atoms with van der Waals surface area (Å²) in [6, 6.07) is 12.3. The number of nitriles is 1. The summed E-state index contributed by atoms with van der Waals surface area (Å²) in [5, 5.41) is 11.9. The summed E-state index contributed by atoms with van der Waals surface area (Å²) in [6.45, 7) is 7.16. The summed E-state index contributed by atoms with van der Waals surface area (Å²) in [5.74, 6) is 0.0973. The first-order chi connectivity index (χ1) is 14.7. The van der Waals surface area contributed by atoms with E-state index in [1.165, 1.54) is 19.3 Å². The predicted molar refractivity (Wildman–Crippen MR) is 117 cm³/mol. The van der Waals surface area contributed by atoms with Gasteiger partial charge in [0.2, 0.25) is 0 Å². The molecule has 31 heavy (non-hydrogen) atoms. The third-order valence-corrected chi connectivity index (χ3v) is 4.25. The molecule has 0 radical (unpaired) electrons. The predicted octanol–water partition coefficient (Wildman–Crippen LogP) is 3.73. The van der Waals surface area contributed by atoms with E-state index >= 15 is 0 Å². The molecule has 0 aromatic heterocycles. The number of ether oxygens (including phenoxy) is 3. The number of methoxy groups -OCH3 is 1. The van der Waals surface area contributed by atoms with Crippen LogP contribution < -0.4 is 19.5 Å². The van der Waals surface area contributed by atoms with Crippen molar-refractivity contribution in [2.75, 3.05) is 13.7 Å². The molecular weight excluding hydrogens is 396 g/mol. The van der Waals surface area contributed by atoms with Gasteiger partial charge in [0.05, 0.1) is 7.11 Å². The lowest BCUT2D eigenvalue weighted by molar-refractivity contribution is -0.136. The van der Waals surface area contributed by atoms with Gasteiger partial charge in [0.25, 0.3) is 5.91 Å². The quantitative estimate of drug-likeness (QED) is 0.301. The maximum atomic E-state index is 12.3. The Labute approximate surface area is 182 Å². The average molecular weight is 422 g/mol. The van der Waals surface area contributed by atoms with E-state index in [2.05, 4.69) is 5.32 Å². The number of para-hydroxylation sites is 1. The molecule has 0 bridgehead atoms. The minimum atomic E-state index is -0.585. The molecule has 7 heteroatoms. The Bertz CT molecular complexity index is 1010. The molecule has 0 heterocycles. The third-order valence-electron chi connectivity index (χ3n) is 4.25. The van der Waals surface area contributed by atoms with Crippen LogP contribution in [0, 0.1) is 25.2 Å². The van der Waals surface area contributed by atoms with Gasteiger partial charge < -0.3 is 19.5 Å². The molecule has 0 unspecified atom stereocenters. The first-order valence-corrected chi connectivity index (χ1v) is 9.75. The first-order valence-electron chi connectivity index (χ1n) is 9.75. The highest BCUT2D eigenvalue weighted by atomic mass is 16.6. The molecule has 0 aliphatic heterocycles. The van der Waals surface area contributed by atoms with Gasteiger partial charge in [0.1, 0.15) is 17.4 Å². The van der Waals surface area contributed by atoms with Gasteiger partial charge in [-0.1, -0.05) is 24.3 Å². The number of hydrogen-bond acceptors (Lipinski definition) is 6. The van der Waals surface area contributed by atoms with E-state index < -0.39 is 11.9 Å². The number of nitrogens with zero attached hydrogens (tertiary/aromatic N) is 1. The molecule has 2 aromatic carbocycles. The van der Waals surface area contributed by atoms with E-state index in [-0.39, 0.29) is 29.7 Å². The molecule has 0 atom stereocenters. The van der Waals surface area contributed by atoms with E-state index in [9.17, 15) is 14.9 Å². The monoisotopic (exact) mass is 422 g/mol. The second-order valence-electron chi connectivity index (χ2n) is 7.19. The molecule has 0 fully saturated rings. The fraction of sp³-hybridized carbons (Fsp3) is 0.292. The molecule has 2 rings (SSSR count). The van der Waals surface area contributed by atoms with Crippen molar-refractivity contribution in [2.45, 2.75) is 33.7 Å². The molecule has 1 N–H and O–H groups in total. The number of nitrogens with one attached hydrogen (secondary N) is 1. The fourth-order valence-corrected chi connectivity index (χ4v) is 2.82. The number of carbonyl (C=O) groups is 2. The van der Waals surface area contributed by atoms with Crippen molar-refractivity contribution in [3.8, 4) is 23.3 Å². The summed E-state index contributed by atoms with van der Waals surface area (Å²) in [5.41, 5.74) is 2.37. The first kappa shape index (κ1) is 23.5. The van der Waals surface area contributed by atoms with Gasteiger partial charge in [0.15, 0.2) is 18.1 Å². The van der Waals surface area contributed by atoms with Crippen molar-refractivity contribution in [2.24, 2.45) is 0 Å². The van der Waals surface area contributed by atoms with Gasteiger partial charge in [-0.2, -0.15) is 5.26 Å². The van der Waals surface area contributed by atoms with Crippen LogP contribution in [0.5, 0.6) is 17.2 Å². The minimum absolute atomic E-state index is 0.0394. The van der Waals surface area contributed by atoms with E-state index in [1.54, 1.807) is 12.1 Å². The van der Waals surface area contributed by atoms with Crippen LogP contribution in [0.3, 0.4) is 0 Å². The number of benzene rings is 2. The highest BCUT2D eigenvalue weighted by Gasteiger charge is 2.14. The summed E-state index contributed by atoms with van der Waals surface area (Å²) in [7, 11) is 1.43. The number of rotatable bonds is 8. The van der Waals surface area contributed by atoms with Crippen molar-refractivity contribution >= 4 is 18.0 Å². The molecular formula is C24H26N2O5. The second kappa shape index (κ2) is 10.8. The van der Waals surface area contributed by atoms with E-state index in [0.29, 0.717) is 11.3 Å². The van der Waals surface area contributed by atoms with E-state index in [0.717, 1.165) is 11.1 Å². The lowest BCUT2D eigenvalue weighted by Crippen LogP contribution is -2.30. The Hall–Kier alpha value is -3.79. The molecule has 0 aliphatic carbocycles. The number of hydrogen-bond donors (Lipinski definition) is 1. The van der Waals surface area contributed by atoms with E-state index in [1.807, 2.05) is 52.0 Å². The van der Waals surface area contributed by atoms with Crippen LogP contribution in [-0.2, 0) is 9.59 Å². The molecule has 162 valence electrons. The Kier molecular flexibility index (Phi) is 8.21. The molecule has 0 spiro atoms. The Morgan fingerprint density at radius 1 is 1.13 bits per heavy atom. The van der Waals surface area contributed by atoms with Gasteiger partial charge in [-0.05, 0) is 62.6 Å². The number of amides is 1. The van der Waals surface area contributed by atoms with Crippen molar-refractivity contribution in [3.63, 3.8) is 0 Å². The third kappa shape index (κ3) is 6.61. The molecule has 0 aliphatic rings. The zero-order valence-electron chi connectivity index (χ0n) is 18.3. The maximum absolute atomic E-state index is 12.3. The fourth-order valence-electron chi connectivity index (χ4n) is 2.82. The van der Waals surface area contributed by atoms with Gasteiger partial charge in [-0.3, -0.25) is 4.79 Å². The number of aryl methyl sites for hydroxylation is 2. The Morgan fingerprint density at radius 2 is 1.81 bits per heavy atom. The lowest BCUT2D eigenvalue weighted by atomic mass is 10.1. The normalized spacial score (nSPS) is 10.9. The van der Waals surface area contributed by atoms with Crippen LogP contribution in [0.15, 0.2) is 42.0 Å². The van der Waals surface area contributed by atoms with Crippen LogP contribution in [-0.4, -0.2) is 31.6 Å². The van der Waals surface area contributed by atoms with Crippen LogP contribution in [0.2, 0.25) is 0 Å². The summed E-state index contributed by atoms with van der Waals surface area (Å²) < 4.78 is 16.3. The lowest BCUT2D eigenvalue weighted by Gasteiger charge is -2.13. The number of esters is 1. The molecule has 2 aromatic rings. The van der Waals surface area contributed by atoms with E-state index in [4.69, 9.17) is 14.2 Å². The summed E-state index contributed by atoms with van der Waals surface area (Å²) >= 11 is 0. The van der Waals surface area contributed by atoms with Crippen molar-refractivity contribution < 1.29 is 23.8 Å². The van der Waals surface area contributed by atoms with Gasteiger partial charge in [-0.15, -0.1) is 0 Å². The molecule has 7 nitrogen and oxygen atoms in total. The molecule has 0 saturated carbocycles. The van der Waals surface area contributed by atoms with Gasteiger partial charge in [-0.25, -0.2) is 4.79 Å². The zero-order chi connectivity index (χ0) is 23.0. The average Bonchev–Trinajstić information content (AvgIpc) is 2.71. The van der Waals surface area contributed by atoms with Crippen LogP contribution in [0.25, 0.3) is 6.08 Å². The number of carbonyl (C=O) groups excluding carboxylic acids is 2. The Morgan fingerprint density at radius 3 is 2.39 bits per heavy atom. The summed E-state index contributed by atoms with van der Waals surface area (Å²) in [6.07, 6.45) is 1.44. The van der Waals surface area contributed by atoms with Crippen molar-refractivity contribution in [3.05, 3.63) is 58.7 Å². The highest BCUT2D eigenvalue weighted by molar-refractivity contribution is 6.01. The van der Waals surface area contributed by atoms with Gasteiger partial charge in [0, 0.05) is 6.04 Å². The summed E-state index contributed by atoms with van der Waals surface area (Å²) in [4.78, 5) is 24.3. The topological polar surface area (TPSA) is 97.6 Å². The van der Waals surface area contributed by atoms with Crippen LogP contribution >= 0.6 is 0 Å². The standard InChI is InChI=1S/C24H26N2O5/c1-15(2)26-24(28)19(13-25)11-18-9-10-20(21(12-18)29-5)31-22(27)14-30-23-16(3)7-6-8-17(23)4/h6-12,15H,14H2,1-5H3,(H,26,28)/b19-11+. The van der Waals surface area contributed by atoms with Crippen LogP contribution in [0.4, 0.5) is 0 Å². The maximum Gasteiger partial charge on any atom is 0.349 e. The minimum Gasteiger partial charge on any atom is -0.493 e. The Balaban J connectivity index is 2.12. The van der Waals surface area contributed by atoms with Crippen molar-refractivity contribution in [1.29, 1.82) is 5.26 Å². The second-order valence-corrected chi connectivity index (χ2v) is 7.19. The van der Waals surface area contributed by atoms with Crippen molar-refractivity contribution in [1.82, 2.24) is 5.32 Å². The smallest absolute Gasteiger partial charge is 0.349 e. The zero-order valence-corrected chi connectivity index (χ0v) is 18.3. The SMILES string of the molecule is COc1cc(/C=C(\C#N)C(=O)NC(C)C)ccc1OC(=O)COc1c(C)cccc1C. The molecule has 0 saturated heterocycles. The van der Waals surface area contributed by atoms with Gasteiger partial charge >= 0.3 is 5.97 Å².